The number of benzene rings is 1. The molecule has 3 aromatic heterocycles. The molecule has 46 heavy (non-hydrogen) atoms. The van der Waals surface area contributed by atoms with E-state index in [1.165, 1.54) is 17.7 Å². The maximum absolute atomic E-state index is 13.1. The van der Waals surface area contributed by atoms with E-state index in [9.17, 15) is 31.1 Å². The third-order valence-electron chi connectivity index (χ3n) is 6.20. The number of aromatic nitrogens is 3. The monoisotopic (exact) mass is 696 g/mol. The molecule has 1 fully saturated rings. The number of carboxylic acids is 2. The van der Waals surface area contributed by atoms with Crippen molar-refractivity contribution in [2.75, 3.05) is 18.8 Å². The number of halogens is 7. The highest BCUT2D eigenvalue weighted by atomic mass is 35.5. The van der Waals surface area contributed by atoms with E-state index >= 15 is 0 Å². The molecule has 1 aliphatic heterocycles. The quantitative estimate of drug-likeness (QED) is 0.237. The molecule has 1 aromatic carbocycles. The second-order valence-electron chi connectivity index (χ2n) is 9.41. The fourth-order valence-electron chi connectivity index (χ4n) is 3.95. The summed E-state index contributed by atoms with van der Waals surface area (Å²) in [5.41, 5.74) is 8.50. The lowest BCUT2D eigenvalue weighted by Crippen LogP contribution is -2.54. The Morgan fingerprint density at radius 3 is 2.22 bits per heavy atom. The summed E-state index contributed by atoms with van der Waals surface area (Å²) >= 11 is 7.46. The van der Waals surface area contributed by atoms with Gasteiger partial charge >= 0.3 is 24.3 Å². The second kappa shape index (κ2) is 14.7. The van der Waals surface area contributed by atoms with Crippen molar-refractivity contribution in [1.82, 2.24) is 24.9 Å². The first-order chi connectivity index (χ1) is 21.4. The molecule has 1 amide bonds. The highest BCUT2D eigenvalue weighted by Gasteiger charge is 2.39. The van der Waals surface area contributed by atoms with Gasteiger partial charge in [-0.15, -0.1) is 11.3 Å². The molecule has 0 bridgehead atoms. The van der Waals surface area contributed by atoms with Crippen LogP contribution >= 0.6 is 22.9 Å². The van der Waals surface area contributed by atoms with Crippen LogP contribution in [0.4, 0.5) is 32.2 Å². The minimum absolute atomic E-state index is 0.0901. The average molecular weight is 697 g/mol. The van der Waals surface area contributed by atoms with E-state index in [2.05, 4.69) is 20.0 Å². The fraction of sp³-hybridized carbons (Fsp3) is 0.308. The third-order valence-corrected chi connectivity index (χ3v) is 7.45. The molecule has 248 valence electrons. The number of aliphatic carboxylic acids is 2. The Balaban J connectivity index is 0.000000345. The first kappa shape index (κ1) is 36.0. The molecule has 0 spiro atoms. The van der Waals surface area contributed by atoms with Gasteiger partial charge in [0.2, 0.25) is 5.91 Å². The van der Waals surface area contributed by atoms with E-state index < -0.39 is 24.3 Å². The number of hydrogen-bond acceptors (Lipinski definition) is 10. The molecule has 20 heteroatoms. The first-order valence-corrected chi connectivity index (χ1v) is 13.9. The van der Waals surface area contributed by atoms with Crippen LogP contribution in [0.2, 0.25) is 4.34 Å². The van der Waals surface area contributed by atoms with Crippen molar-refractivity contribution in [3.63, 3.8) is 0 Å². The summed E-state index contributed by atoms with van der Waals surface area (Å²) < 4.78 is 69.6. The van der Waals surface area contributed by atoms with Crippen LogP contribution in [0.25, 0.3) is 21.5 Å². The van der Waals surface area contributed by atoms with Crippen LogP contribution in [0.5, 0.6) is 0 Å². The maximum Gasteiger partial charge on any atom is 0.490 e. The van der Waals surface area contributed by atoms with Crippen molar-refractivity contribution in [3.8, 4) is 10.6 Å². The number of nitrogen functional groups attached to an aromatic ring is 1. The molecule has 5 rings (SSSR count). The number of alkyl halides is 6. The number of amides is 1. The molecule has 4 N–H and O–H groups in total. The van der Waals surface area contributed by atoms with E-state index in [1.807, 2.05) is 48.2 Å². The number of piperazine rings is 1. The predicted octanol–water partition coefficient (Wildman–Crippen LogP) is 5.08. The van der Waals surface area contributed by atoms with Gasteiger partial charge in [-0.2, -0.15) is 26.3 Å². The zero-order valence-electron chi connectivity index (χ0n) is 23.3. The largest absolute Gasteiger partial charge is 0.490 e. The Morgan fingerprint density at radius 1 is 1.02 bits per heavy atom. The summed E-state index contributed by atoms with van der Waals surface area (Å²) in [6.07, 6.45) is -8.71. The number of anilines is 1. The molecule has 1 saturated heterocycles. The van der Waals surface area contributed by atoms with Gasteiger partial charge in [0.1, 0.15) is 12.1 Å². The number of rotatable bonds is 5. The molecule has 4 aromatic rings. The van der Waals surface area contributed by atoms with E-state index in [0.717, 1.165) is 33.6 Å². The van der Waals surface area contributed by atoms with E-state index in [0.29, 0.717) is 35.5 Å². The van der Waals surface area contributed by atoms with Crippen LogP contribution in [0.15, 0.2) is 47.2 Å². The van der Waals surface area contributed by atoms with Gasteiger partial charge in [-0.25, -0.2) is 19.6 Å². The Hall–Kier alpha value is -4.49. The number of hydrogen-bond donors (Lipinski definition) is 3. The Bertz CT molecular complexity index is 1670. The van der Waals surface area contributed by atoms with Gasteiger partial charge in [-0.05, 0) is 36.8 Å². The van der Waals surface area contributed by atoms with Crippen LogP contribution in [0, 0.1) is 0 Å². The number of fused-ring (bicyclic) bond motifs is 1. The van der Waals surface area contributed by atoms with Gasteiger partial charge in [-0.1, -0.05) is 22.8 Å². The number of carbonyl (C=O) groups is 3. The topological polar surface area (TPSA) is 176 Å². The number of nitrogens with zero attached hydrogens (tertiary/aromatic N) is 5. The highest BCUT2D eigenvalue weighted by Crippen LogP contribution is 2.32. The lowest BCUT2D eigenvalue weighted by atomic mass is 10.1. The van der Waals surface area contributed by atoms with Crippen LogP contribution in [0.1, 0.15) is 18.2 Å². The third kappa shape index (κ3) is 9.75. The summed E-state index contributed by atoms with van der Waals surface area (Å²) in [4.78, 5) is 44.1. The number of carboxylic acid groups (broad SMARTS) is 2. The van der Waals surface area contributed by atoms with Crippen molar-refractivity contribution >= 4 is 57.5 Å². The van der Waals surface area contributed by atoms with E-state index in [1.54, 1.807) is 0 Å². The molecular weight excluding hydrogens is 674 g/mol. The normalized spacial score (nSPS) is 15.5. The first-order valence-electron chi connectivity index (χ1n) is 12.7. The van der Waals surface area contributed by atoms with Crippen molar-refractivity contribution in [3.05, 3.63) is 58.3 Å². The Labute approximate surface area is 264 Å². The zero-order chi connectivity index (χ0) is 34.4. The molecule has 12 nitrogen and oxygen atoms in total. The van der Waals surface area contributed by atoms with Crippen molar-refractivity contribution in [1.29, 1.82) is 0 Å². The summed E-state index contributed by atoms with van der Waals surface area (Å²) in [5.74, 6) is -4.28. The van der Waals surface area contributed by atoms with Crippen molar-refractivity contribution in [2.45, 2.75) is 38.4 Å². The standard InChI is InChI=1S/C22H21ClN6O2S.2C2HF3O2/c1-13-22(30)29(10-14-2-3-16-17(8-14)25-12-26-21(16)24)7-6-28(13)11-15-9-18(31-27-15)19-4-5-20(23)32-19;2*3-2(4,5)1(6)7/h2-5,8-9,12-13H,6-7,10-11H2,1H3,(H2,24,25,26);2*(H,6,7)/t13-;;/m0../s1. The van der Waals surface area contributed by atoms with Crippen molar-refractivity contribution < 1.29 is 55.5 Å². The second-order valence-corrected chi connectivity index (χ2v) is 11.1. The SMILES string of the molecule is C[C@H]1C(=O)N(Cc2ccc3c(N)ncnc3c2)CCN1Cc1cc(-c2ccc(Cl)s2)on1.O=C(O)C(F)(F)F.O=C(O)C(F)(F)F. The fourth-order valence-corrected chi connectivity index (χ4v) is 4.94. The van der Waals surface area contributed by atoms with E-state index in [-0.39, 0.29) is 11.9 Å². The van der Waals surface area contributed by atoms with Crippen LogP contribution in [-0.4, -0.2) is 84.5 Å². The molecule has 1 aliphatic rings. The molecule has 0 aliphatic carbocycles. The highest BCUT2D eigenvalue weighted by molar-refractivity contribution is 7.19. The van der Waals surface area contributed by atoms with Gasteiger partial charge in [0.15, 0.2) is 5.76 Å². The zero-order valence-corrected chi connectivity index (χ0v) is 24.9. The molecular formula is C26H23ClF6N6O6S. The summed E-state index contributed by atoms with van der Waals surface area (Å²) in [6.45, 7) is 4.41. The number of thiophene rings is 1. The van der Waals surface area contributed by atoms with E-state index in [4.69, 9.17) is 41.7 Å². The minimum atomic E-state index is -5.08. The molecule has 4 heterocycles. The molecule has 1 atom stereocenters. The van der Waals surface area contributed by atoms with Gasteiger partial charge in [-0.3, -0.25) is 9.69 Å². The van der Waals surface area contributed by atoms with Gasteiger partial charge in [0, 0.05) is 37.6 Å². The smallest absolute Gasteiger partial charge is 0.475 e. The lowest BCUT2D eigenvalue weighted by Gasteiger charge is -2.38. The van der Waals surface area contributed by atoms with Gasteiger partial charge < -0.3 is 25.4 Å². The number of nitrogens with two attached hydrogens (primary N) is 1. The van der Waals surface area contributed by atoms with Crippen LogP contribution < -0.4 is 5.73 Å². The Kier molecular flexibility index (Phi) is 11.5. The number of carbonyl (C=O) groups excluding carboxylic acids is 1. The summed E-state index contributed by atoms with van der Waals surface area (Å²) in [7, 11) is 0. The predicted molar refractivity (Wildman–Crippen MR) is 151 cm³/mol. The van der Waals surface area contributed by atoms with Gasteiger partial charge in [0.25, 0.3) is 0 Å². The lowest BCUT2D eigenvalue weighted by molar-refractivity contribution is -0.193. The minimum Gasteiger partial charge on any atom is -0.475 e. The molecule has 0 unspecified atom stereocenters. The van der Waals surface area contributed by atoms with Crippen LogP contribution in [-0.2, 0) is 27.5 Å². The Morgan fingerprint density at radius 2 is 1.65 bits per heavy atom. The van der Waals surface area contributed by atoms with Crippen molar-refractivity contribution in [2.24, 2.45) is 0 Å². The molecule has 0 saturated carbocycles. The summed E-state index contributed by atoms with van der Waals surface area (Å²) in [6, 6.07) is 11.3. The molecule has 0 radical (unpaired) electrons. The maximum atomic E-state index is 13.1. The summed E-state index contributed by atoms with van der Waals surface area (Å²) in [5, 5.41) is 19.2. The average Bonchev–Trinajstić information content (AvgIpc) is 3.61. The van der Waals surface area contributed by atoms with Crippen LogP contribution in [0.3, 0.4) is 0 Å². The van der Waals surface area contributed by atoms with Gasteiger partial charge in [0.05, 0.1) is 26.5 Å².